The molecule has 1 N–H and O–H groups in total. The monoisotopic (exact) mass is 423 g/mol. The molecule has 3 rings (SSSR count). The van der Waals surface area contributed by atoms with Crippen molar-refractivity contribution in [3.63, 3.8) is 0 Å². The van der Waals surface area contributed by atoms with Crippen LogP contribution in [0.15, 0.2) is 54.6 Å². The van der Waals surface area contributed by atoms with Gasteiger partial charge in [0.15, 0.2) is 0 Å². The second kappa shape index (κ2) is 9.90. The molecule has 0 heterocycles. The number of nitrogens with one attached hydrogen (secondary N) is 1. The molecule has 0 radical (unpaired) electrons. The van der Waals surface area contributed by atoms with E-state index in [1.165, 1.54) is 19.2 Å². The number of carbonyl (C=O) groups is 1. The van der Waals surface area contributed by atoms with Crippen molar-refractivity contribution in [2.75, 3.05) is 33.1 Å². The van der Waals surface area contributed by atoms with Crippen molar-refractivity contribution >= 4 is 28.1 Å². The molecule has 0 unspecified atom stereocenters. The number of nitrogens with zero attached hydrogens (tertiary/aromatic N) is 2. The normalized spacial score (nSPS) is 10.8. The molecule has 0 atom stereocenters. The lowest BCUT2D eigenvalue weighted by Gasteiger charge is -2.17. The number of nitro groups is 1. The first-order valence-corrected chi connectivity index (χ1v) is 9.77. The molecule has 0 aliphatic carbocycles. The van der Waals surface area contributed by atoms with Gasteiger partial charge in [-0.2, -0.15) is 0 Å². The van der Waals surface area contributed by atoms with Crippen LogP contribution < -0.4 is 14.8 Å². The summed E-state index contributed by atoms with van der Waals surface area (Å²) < 4.78 is 10.3. The van der Waals surface area contributed by atoms with Crippen LogP contribution in [-0.2, 0) is 11.3 Å². The third kappa shape index (κ3) is 5.70. The molecule has 8 heteroatoms. The second-order valence-electron chi connectivity index (χ2n) is 7.22. The van der Waals surface area contributed by atoms with Crippen LogP contribution in [0.25, 0.3) is 10.8 Å². The zero-order chi connectivity index (χ0) is 22.4. The van der Waals surface area contributed by atoms with E-state index in [1.807, 2.05) is 30.1 Å². The van der Waals surface area contributed by atoms with Crippen LogP contribution in [0.1, 0.15) is 12.0 Å². The van der Waals surface area contributed by atoms with Crippen LogP contribution in [0.2, 0.25) is 0 Å². The van der Waals surface area contributed by atoms with Gasteiger partial charge in [0.05, 0.1) is 25.2 Å². The number of carbonyl (C=O) groups excluding carboxylic acids is 1. The smallest absolute Gasteiger partial charge is 0.296 e. The Morgan fingerprint density at radius 2 is 1.65 bits per heavy atom. The summed E-state index contributed by atoms with van der Waals surface area (Å²) in [7, 11) is 5.01. The first kappa shape index (κ1) is 22.0. The van der Waals surface area contributed by atoms with Gasteiger partial charge in [-0.1, -0.05) is 18.2 Å². The summed E-state index contributed by atoms with van der Waals surface area (Å²) >= 11 is 0. The first-order valence-electron chi connectivity index (χ1n) is 9.77. The van der Waals surface area contributed by atoms with Gasteiger partial charge in [0.25, 0.3) is 5.69 Å². The van der Waals surface area contributed by atoms with Gasteiger partial charge in [0, 0.05) is 19.5 Å². The molecule has 31 heavy (non-hydrogen) atoms. The number of methoxy groups -OCH3 is 2. The number of hydrogen-bond acceptors (Lipinski definition) is 6. The predicted octanol–water partition coefficient (Wildman–Crippen LogP) is 4.23. The Kier molecular flexibility index (Phi) is 7.04. The molecule has 0 saturated carbocycles. The molecule has 0 spiro atoms. The average Bonchev–Trinajstić information content (AvgIpc) is 2.77. The van der Waals surface area contributed by atoms with E-state index in [1.54, 1.807) is 13.2 Å². The molecular formula is C23H25N3O5. The van der Waals surface area contributed by atoms with Crippen LogP contribution in [0.5, 0.6) is 11.5 Å². The van der Waals surface area contributed by atoms with Gasteiger partial charge in [0.2, 0.25) is 5.91 Å². The maximum Gasteiger partial charge on any atom is 0.296 e. The lowest BCUT2D eigenvalue weighted by atomic mass is 10.1. The van der Waals surface area contributed by atoms with Crippen LogP contribution in [-0.4, -0.2) is 43.5 Å². The summed E-state index contributed by atoms with van der Waals surface area (Å²) in [6.07, 6.45) is 0.213. The number of nitro benzene ring substituents is 1. The molecule has 3 aromatic carbocycles. The van der Waals surface area contributed by atoms with E-state index in [0.29, 0.717) is 18.8 Å². The Balaban J connectivity index is 1.57. The van der Waals surface area contributed by atoms with Gasteiger partial charge < -0.3 is 19.7 Å². The molecule has 3 aromatic rings. The summed E-state index contributed by atoms with van der Waals surface area (Å²) in [4.78, 5) is 25.1. The van der Waals surface area contributed by atoms with E-state index in [9.17, 15) is 14.9 Å². The molecule has 0 aromatic heterocycles. The Hall–Kier alpha value is -3.65. The molecule has 0 aliphatic rings. The largest absolute Gasteiger partial charge is 0.497 e. The number of benzene rings is 3. The van der Waals surface area contributed by atoms with Gasteiger partial charge in [-0.3, -0.25) is 14.9 Å². The summed E-state index contributed by atoms with van der Waals surface area (Å²) in [5.74, 6) is 0.893. The van der Waals surface area contributed by atoms with Gasteiger partial charge in [0.1, 0.15) is 17.2 Å². The van der Waals surface area contributed by atoms with Gasteiger partial charge in [-0.25, -0.2) is 0 Å². The van der Waals surface area contributed by atoms with Crippen molar-refractivity contribution in [1.29, 1.82) is 0 Å². The number of amides is 1. The number of ether oxygens (including phenoxy) is 2. The van der Waals surface area contributed by atoms with Gasteiger partial charge >= 0.3 is 0 Å². The summed E-state index contributed by atoms with van der Waals surface area (Å²) in [5, 5.41) is 16.1. The topological polar surface area (TPSA) is 93.9 Å². The van der Waals surface area contributed by atoms with E-state index in [2.05, 4.69) is 23.5 Å². The number of hydrogen-bond donors (Lipinski definition) is 1. The van der Waals surface area contributed by atoms with E-state index in [0.717, 1.165) is 22.1 Å². The molecule has 0 aliphatic heterocycles. The van der Waals surface area contributed by atoms with E-state index in [4.69, 9.17) is 9.47 Å². The Morgan fingerprint density at radius 1 is 1.00 bits per heavy atom. The van der Waals surface area contributed by atoms with E-state index >= 15 is 0 Å². The minimum absolute atomic E-state index is 0.156. The SMILES string of the molecule is COc1ccc(NC(=O)CCN(C)Cc2ccc3cc(OC)ccc3c2)c([N+](=O)[O-])c1. The van der Waals surface area contributed by atoms with Crippen LogP contribution in [0.4, 0.5) is 11.4 Å². The quantitative estimate of drug-likeness (QED) is 0.409. The standard InChI is InChI=1S/C23H25N3O5/c1-25(15-16-4-5-18-13-19(30-2)7-6-17(18)12-16)11-10-23(27)24-21-9-8-20(31-3)14-22(21)26(28)29/h4-9,12-14H,10-11,15H2,1-3H3,(H,24,27). The fourth-order valence-corrected chi connectivity index (χ4v) is 3.29. The highest BCUT2D eigenvalue weighted by Crippen LogP contribution is 2.29. The van der Waals surface area contributed by atoms with Gasteiger partial charge in [-0.15, -0.1) is 0 Å². The fourth-order valence-electron chi connectivity index (χ4n) is 3.29. The maximum absolute atomic E-state index is 12.3. The minimum Gasteiger partial charge on any atom is -0.497 e. The lowest BCUT2D eigenvalue weighted by Crippen LogP contribution is -2.24. The Morgan fingerprint density at radius 3 is 2.35 bits per heavy atom. The predicted molar refractivity (Wildman–Crippen MR) is 120 cm³/mol. The number of anilines is 1. The Labute approximate surface area is 180 Å². The van der Waals surface area contributed by atoms with Crippen LogP contribution >= 0.6 is 0 Å². The zero-order valence-electron chi connectivity index (χ0n) is 17.8. The third-order valence-corrected chi connectivity index (χ3v) is 4.96. The van der Waals surface area contributed by atoms with Crippen molar-refractivity contribution in [2.45, 2.75) is 13.0 Å². The van der Waals surface area contributed by atoms with E-state index < -0.39 is 4.92 Å². The second-order valence-corrected chi connectivity index (χ2v) is 7.22. The zero-order valence-corrected chi connectivity index (χ0v) is 17.8. The number of rotatable bonds is 9. The lowest BCUT2D eigenvalue weighted by molar-refractivity contribution is -0.384. The molecule has 0 fully saturated rings. The average molecular weight is 423 g/mol. The van der Waals surface area contributed by atoms with Gasteiger partial charge in [-0.05, 0) is 53.7 Å². The molecule has 0 saturated heterocycles. The molecular weight excluding hydrogens is 398 g/mol. The van der Waals surface area contributed by atoms with Crippen molar-refractivity contribution < 1.29 is 19.2 Å². The minimum atomic E-state index is -0.542. The summed E-state index contributed by atoms with van der Waals surface area (Å²) in [6, 6.07) is 16.5. The van der Waals surface area contributed by atoms with Crippen molar-refractivity contribution in [2.24, 2.45) is 0 Å². The molecule has 1 amide bonds. The highest BCUT2D eigenvalue weighted by Gasteiger charge is 2.17. The summed E-state index contributed by atoms with van der Waals surface area (Å²) in [5.41, 5.74) is 1.09. The van der Waals surface area contributed by atoms with Crippen molar-refractivity contribution in [3.8, 4) is 11.5 Å². The van der Waals surface area contributed by atoms with E-state index in [-0.39, 0.29) is 23.7 Å². The highest BCUT2D eigenvalue weighted by molar-refractivity contribution is 5.93. The summed E-state index contributed by atoms with van der Waals surface area (Å²) in [6.45, 7) is 1.19. The fraction of sp³-hybridized carbons (Fsp3) is 0.261. The number of fused-ring (bicyclic) bond motifs is 1. The third-order valence-electron chi connectivity index (χ3n) is 4.96. The molecule has 0 bridgehead atoms. The highest BCUT2D eigenvalue weighted by atomic mass is 16.6. The molecule has 162 valence electrons. The van der Waals surface area contributed by atoms with Crippen molar-refractivity contribution in [3.05, 3.63) is 70.3 Å². The van der Waals surface area contributed by atoms with Crippen LogP contribution in [0, 0.1) is 10.1 Å². The Bertz CT molecular complexity index is 1100. The molecule has 8 nitrogen and oxygen atoms in total. The van der Waals surface area contributed by atoms with Crippen LogP contribution in [0.3, 0.4) is 0 Å². The van der Waals surface area contributed by atoms with Crippen molar-refractivity contribution in [1.82, 2.24) is 4.90 Å². The first-order chi connectivity index (χ1) is 14.9. The maximum atomic E-state index is 12.3.